The molecule has 0 atom stereocenters. The van der Waals surface area contributed by atoms with Crippen molar-refractivity contribution in [3.05, 3.63) is 197 Å². The van der Waals surface area contributed by atoms with Crippen molar-refractivity contribution in [2.45, 2.75) is 57.8 Å². The van der Waals surface area contributed by atoms with Gasteiger partial charge in [-0.15, -0.1) is 0 Å². The van der Waals surface area contributed by atoms with Crippen molar-refractivity contribution in [2.75, 3.05) is 0 Å². The number of rotatable bonds is 4. The average Bonchev–Trinajstić information content (AvgIpc) is 3.70. The topological polar surface area (TPSA) is 38.7 Å². The van der Waals surface area contributed by atoms with Crippen LogP contribution in [0.2, 0.25) is 0 Å². The number of aromatic nitrogens is 3. The van der Waals surface area contributed by atoms with Crippen LogP contribution in [0.15, 0.2) is 164 Å². The lowest BCUT2D eigenvalue weighted by Gasteiger charge is -2.33. The lowest BCUT2D eigenvalue weighted by atomic mass is 9.68. The number of nitrogens with zero attached hydrogens (tertiary/aromatic N) is 3. The Balaban J connectivity index is 1.19. The second kappa shape index (κ2) is 12.8. The summed E-state index contributed by atoms with van der Waals surface area (Å²) in [5.41, 5.74) is 18.1. The van der Waals surface area contributed by atoms with Crippen molar-refractivity contribution in [1.29, 1.82) is 0 Å². The van der Waals surface area contributed by atoms with E-state index in [0.717, 1.165) is 27.8 Å². The summed E-state index contributed by atoms with van der Waals surface area (Å²) in [5.74, 6) is 1.97. The van der Waals surface area contributed by atoms with Crippen molar-refractivity contribution < 1.29 is 0 Å². The van der Waals surface area contributed by atoms with Crippen LogP contribution in [0.5, 0.6) is 0 Å². The third kappa shape index (κ3) is 5.59. The molecule has 0 N–H and O–H groups in total. The number of fused-ring (bicyclic) bond motifs is 10. The Bertz CT molecular complexity index is 2730. The molecule has 8 aromatic rings. The Hall–Kier alpha value is -6.45. The summed E-state index contributed by atoms with van der Waals surface area (Å²) in [6, 6.07) is 59.7. The highest BCUT2D eigenvalue weighted by atomic mass is 15.0. The Labute approximate surface area is 336 Å². The van der Waals surface area contributed by atoms with Crippen LogP contribution in [0.25, 0.3) is 67.5 Å². The summed E-state index contributed by atoms with van der Waals surface area (Å²) in [5, 5.41) is 0. The minimum atomic E-state index is -0.462. The van der Waals surface area contributed by atoms with Crippen molar-refractivity contribution in [3.63, 3.8) is 0 Å². The molecule has 0 amide bonds. The molecule has 10 rings (SSSR count). The fraction of sp³-hybridized carbons (Fsp3) is 0.167. The maximum absolute atomic E-state index is 5.06. The largest absolute Gasteiger partial charge is 0.208 e. The van der Waals surface area contributed by atoms with Gasteiger partial charge < -0.3 is 0 Å². The molecule has 57 heavy (non-hydrogen) atoms. The van der Waals surface area contributed by atoms with Gasteiger partial charge in [0.1, 0.15) is 0 Å². The van der Waals surface area contributed by atoms with Crippen LogP contribution in [0, 0.1) is 0 Å². The molecule has 0 saturated carbocycles. The molecular weight excluding hydrogens is 691 g/mol. The van der Waals surface area contributed by atoms with E-state index in [1.807, 2.05) is 36.4 Å². The smallest absolute Gasteiger partial charge is 0.164 e. The molecule has 1 heterocycles. The van der Waals surface area contributed by atoms with Gasteiger partial charge in [0.05, 0.1) is 5.41 Å². The molecule has 0 radical (unpaired) electrons. The number of hydrogen-bond acceptors (Lipinski definition) is 3. The third-order valence-corrected chi connectivity index (χ3v) is 12.1. The molecule has 0 unspecified atom stereocenters. The molecule has 276 valence electrons. The predicted octanol–water partition coefficient (Wildman–Crippen LogP) is 13.5. The van der Waals surface area contributed by atoms with E-state index in [1.165, 1.54) is 55.6 Å². The summed E-state index contributed by atoms with van der Waals surface area (Å²) < 4.78 is 0. The highest BCUT2D eigenvalue weighted by Crippen LogP contribution is 2.63. The second-order valence-electron chi connectivity index (χ2n) is 17.7. The number of hydrogen-bond donors (Lipinski definition) is 0. The maximum atomic E-state index is 5.06. The molecule has 0 aliphatic heterocycles. The van der Waals surface area contributed by atoms with Crippen LogP contribution in [-0.2, 0) is 16.2 Å². The fourth-order valence-electron chi connectivity index (χ4n) is 9.07. The third-order valence-electron chi connectivity index (χ3n) is 12.1. The van der Waals surface area contributed by atoms with E-state index in [-0.39, 0.29) is 10.8 Å². The van der Waals surface area contributed by atoms with Crippen LogP contribution in [0.4, 0.5) is 0 Å². The van der Waals surface area contributed by atoms with Gasteiger partial charge in [0.25, 0.3) is 0 Å². The van der Waals surface area contributed by atoms with Gasteiger partial charge in [0.15, 0.2) is 17.5 Å². The monoisotopic (exact) mass is 735 g/mol. The highest BCUT2D eigenvalue weighted by Gasteiger charge is 2.52. The Morgan fingerprint density at radius 3 is 1.26 bits per heavy atom. The normalized spacial score (nSPS) is 13.6. The second-order valence-corrected chi connectivity index (χ2v) is 17.7. The highest BCUT2D eigenvalue weighted by molar-refractivity contribution is 5.96. The molecule has 2 aliphatic rings. The summed E-state index contributed by atoms with van der Waals surface area (Å²) in [4.78, 5) is 15.1. The molecule has 0 bridgehead atoms. The Morgan fingerprint density at radius 2 is 0.719 bits per heavy atom. The van der Waals surface area contributed by atoms with Crippen molar-refractivity contribution >= 4 is 0 Å². The van der Waals surface area contributed by atoms with Crippen LogP contribution in [0.1, 0.15) is 74.9 Å². The van der Waals surface area contributed by atoms with Gasteiger partial charge in [-0.1, -0.05) is 193 Å². The van der Waals surface area contributed by atoms with Gasteiger partial charge in [0.2, 0.25) is 0 Å². The molecule has 0 saturated heterocycles. The summed E-state index contributed by atoms with van der Waals surface area (Å²) >= 11 is 0. The van der Waals surface area contributed by atoms with E-state index in [1.54, 1.807) is 0 Å². The average molecular weight is 736 g/mol. The molecular formula is C54H45N3. The van der Waals surface area contributed by atoms with Crippen LogP contribution in [0.3, 0.4) is 0 Å². The first kappa shape index (κ1) is 35.0. The van der Waals surface area contributed by atoms with Gasteiger partial charge in [0, 0.05) is 16.7 Å². The van der Waals surface area contributed by atoms with Crippen molar-refractivity contribution in [2.24, 2.45) is 0 Å². The fourth-order valence-corrected chi connectivity index (χ4v) is 9.07. The van der Waals surface area contributed by atoms with E-state index in [4.69, 9.17) is 15.0 Å². The lowest BCUT2D eigenvalue weighted by molar-refractivity contribution is 0.586. The number of benzene rings is 7. The lowest BCUT2D eigenvalue weighted by Crippen LogP contribution is -2.27. The quantitative estimate of drug-likeness (QED) is 0.181. The first-order valence-electron chi connectivity index (χ1n) is 20.0. The van der Waals surface area contributed by atoms with Crippen LogP contribution in [-0.4, -0.2) is 15.0 Å². The van der Waals surface area contributed by atoms with Gasteiger partial charge in [-0.05, 0) is 89.7 Å². The van der Waals surface area contributed by atoms with E-state index in [9.17, 15) is 0 Å². The molecule has 7 aromatic carbocycles. The zero-order chi connectivity index (χ0) is 39.1. The first-order chi connectivity index (χ1) is 27.5. The zero-order valence-electron chi connectivity index (χ0n) is 33.4. The molecule has 3 nitrogen and oxygen atoms in total. The molecule has 1 aromatic heterocycles. The molecule has 3 heteroatoms. The maximum Gasteiger partial charge on any atom is 0.164 e. The van der Waals surface area contributed by atoms with E-state index in [0.29, 0.717) is 17.5 Å². The summed E-state index contributed by atoms with van der Waals surface area (Å²) in [6.45, 7) is 13.9. The zero-order valence-corrected chi connectivity index (χ0v) is 33.4. The molecule has 1 spiro atoms. The van der Waals surface area contributed by atoms with Crippen LogP contribution >= 0.6 is 0 Å². The van der Waals surface area contributed by atoms with E-state index in [2.05, 4.69) is 169 Å². The SMILES string of the molecule is CC(C)(C)c1ccc2c(c1)C1(c3ccccc3-c3ccc(-c4cccc(-c5nc(-c6ccccc6)nc(-c6ccccc6)n5)c4)cc31)c1cc(C(C)(C)C)ccc1-2. The van der Waals surface area contributed by atoms with E-state index < -0.39 is 5.41 Å². The van der Waals surface area contributed by atoms with Crippen molar-refractivity contribution in [3.8, 4) is 67.5 Å². The Morgan fingerprint density at radius 1 is 0.316 bits per heavy atom. The Kier molecular flexibility index (Phi) is 7.85. The summed E-state index contributed by atoms with van der Waals surface area (Å²) in [7, 11) is 0. The van der Waals surface area contributed by atoms with Crippen LogP contribution < -0.4 is 0 Å². The van der Waals surface area contributed by atoms with Gasteiger partial charge in [-0.2, -0.15) is 0 Å². The van der Waals surface area contributed by atoms with Crippen molar-refractivity contribution in [1.82, 2.24) is 15.0 Å². The van der Waals surface area contributed by atoms with E-state index >= 15 is 0 Å². The van der Waals surface area contributed by atoms with Gasteiger partial charge in [-0.25, -0.2) is 15.0 Å². The van der Waals surface area contributed by atoms with Gasteiger partial charge >= 0.3 is 0 Å². The minimum Gasteiger partial charge on any atom is -0.208 e. The summed E-state index contributed by atoms with van der Waals surface area (Å²) in [6.07, 6.45) is 0. The minimum absolute atomic E-state index is 0.000581. The predicted molar refractivity (Wildman–Crippen MR) is 235 cm³/mol. The van der Waals surface area contributed by atoms with Gasteiger partial charge in [-0.3, -0.25) is 0 Å². The first-order valence-corrected chi connectivity index (χ1v) is 20.0. The molecule has 2 aliphatic carbocycles. The standard InChI is InChI=1S/C54H45N3/c1-52(2,3)39-25-28-43-44-29-26-40(53(4,5)6)33-48(44)54(47(43)32-39)45-23-14-13-22-41(45)42-27-24-37(31-46(42)54)36-20-15-21-38(30-36)51-56-49(34-16-9-7-10-17-34)55-50(57-51)35-18-11-8-12-19-35/h7-33H,1-6H3. The molecule has 0 fully saturated rings.